The third-order valence-electron chi connectivity index (χ3n) is 12.0. The molecule has 20 nitrogen and oxygen atoms in total. The standard InChI is InChI=1S/C58H68O20S8/c59-47(60)27-79-19-39-11-35-9-37-15-43(23-83-31-51(67)68)57(44(16-37)24-84-32-52(69)70)77-7-3-4-8-78-58-45(25-85-33-53(71)72)17-38(18-46(58)26-86-34-54(73)74)10-36-13-41(21-81-29-49(63)64)56(42(14-36)22-82-30-50(65)66)76-6-2-1-5-75-55(39)40(12-35)20-80-28-48(61)62/h11-18H,1-10,19-34H2,(H,59,60)(H,61,62)(H,63,64)(H,65,66)(H,67,68)(H,69,70)(H,71,72)(H,73,74). The summed E-state index contributed by atoms with van der Waals surface area (Å²) in [6.07, 6.45) is 2.42. The van der Waals surface area contributed by atoms with Crippen LogP contribution in [0.5, 0.6) is 23.0 Å². The van der Waals surface area contributed by atoms with Crippen molar-refractivity contribution in [2.45, 2.75) is 84.5 Å². The van der Waals surface area contributed by atoms with Gasteiger partial charge in [-0.1, -0.05) is 48.5 Å². The van der Waals surface area contributed by atoms with Crippen LogP contribution in [0.3, 0.4) is 0 Å². The zero-order valence-electron chi connectivity index (χ0n) is 46.7. The highest BCUT2D eigenvalue weighted by molar-refractivity contribution is 8.00. The van der Waals surface area contributed by atoms with E-state index in [2.05, 4.69) is 0 Å². The molecule has 0 atom stereocenters. The largest absolute Gasteiger partial charge is 0.493 e. The van der Waals surface area contributed by atoms with Gasteiger partial charge in [0.15, 0.2) is 0 Å². The second kappa shape index (κ2) is 38.8. The van der Waals surface area contributed by atoms with Crippen molar-refractivity contribution < 1.29 is 98.2 Å². The van der Waals surface area contributed by atoms with Crippen LogP contribution in [-0.2, 0) is 97.2 Å². The molecule has 10 aliphatic heterocycles. The molecule has 8 bridgehead atoms. The molecule has 14 rings (SSSR count). The molecular formula is C58H68O20S8. The van der Waals surface area contributed by atoms with Gasteiger partial charge in [0.25, 0.3) is 0 Å². The summed E-state index contributed by atoms with van der Waals surface area (Å²) in [5.41, 5.74) is 8.57. The Morgan fingerprint density at radius 3 is 0.535 bits per heavy atom. The fraction of sp³-hybridized carbons (Fsp3) is 0.448. The van der Waals surface area contributed by atoms with Crippen molar-refractivity contribution in [1.29, 1.82) is 0 Å². The van der Waals surface area contributed by atoms with Crippen LogP contribution in [0.1, 0.15) is 92.4 Å². The minimum atomic E-state index is -1.02. The van der Waals surface area contributed by atoms with Crippen LogP contribution in [0.4, 0.5) is 0 Å². The molecule has 28 heteroatoms. The summed E-state index contributed by atoms with van der Waals surface area (Å²) in [6, 6.07) is 15.4. The second-order valence-corrected chi connectivity index (χ2v) is 27.1. The van der Waals surface area contributed by atoms with Crippen LogP contribution in [0.15, 0.2) is 48.5 Å². The van der Waals surface area contributed by atoms with E-state index in [0.29, 0.717) is 106 Å². The van der Waals surface area contributed by atoms with Gasteiger partial charge in [0.05, 0.1) is 72.5 Å². The topological polar surface area (TPSA) is 335 Å². The monoisotopic (exact) mass is 1340 g/mol. The van der Waals surface area contributed by atoms with Crippen molar-refractivity contribution in [3.8, 4) is 23.0 Å². The number of hydrogen-bond donors (Lipinski definition) is 8. The van der Waals surface area contributed by atoms with E-state index in [1.807, 2.05) is 48.5 Å². The van der Waals surface area contributed by atoms with Gasteiger partial charge < -0.3 is 59.8 Å². The van der Waals surface area contributed by atoms with E-state index >= 15 is 0 Å². The average Bonchev–Trinajstić information content (AvgIpc) is 1.39. The van der Waals surface area contributed by atoms with Gasteiger partial charge in [0.2, 0.25) is 0 Å². The summed E-state index contributed by atoms with van der Waals surface area (Å²) in [7, 11) is 0. The molecule has 8 N–H and O–H groups in total. The van der Waals surface area contributed by atoms with Crippen LogP contribution >= 0.6 is 94.1 Å². The molecule has 0 amide bonds. The Morgan fingerprint density at radius 2 is 0.407 bits per heavy atom. The van der Waals surface area contributed by atoms with Gasteiger partial charge in [-0.3, -0.25) is 38.4 Å². The first kappa shape index (κ1) is 71.4. The zero-order valence-corrected chi connectivity index (χ0v) is 53.3. The fourth-order valence-corrected chi connectivity index (χ4v) is 14.6. The van der Waals surface area contributed by atoms with E-state index in [1.54, 1.807) is 0 Å². The Hall–Kier alpha value is -5.36. The normalized spacial score (nSPS) is 13.0. The lowest BCUT2D eigenvalue weighted by Crippen LogP contribution is -2.10. The minimum Gasteiger partial charge on any atom is -0.493 e. The van der Waals surface area contributed by atoms with Crippen LogP contribution in [-0.4, -0.2) is 161 Å². The van der Waals surface area contributed by atoms with E-state index in [-0.39, 0.29) is 118 Å². The first-order valence-electron chi connectivity index (χ1n) is 26.7. The Morgan fingerprint density at radius 1 is 0.267 bits per heavy atom. The molecule has 10 aliphatic rings. The van der Waals surface area contributed by atoms with E-state index in [4.69, 9.17) is 18.9 Å². The highest BCUT2D eigenvalue weighted by Gasteiger charge is 2.22. The molecule has 468 valence electrons. The maximum atomic E-state index is 11.8. The van der Waals surface area contributed by atoms with Crippen LogP contribution < -0.4 is 18.9 Å². The molecule has 86 heavy (non-hydrogen) atoms. The third-order valence-corrected chi connectivity index (χ3v) is 19.7. The van der Waals surface area contributed by atoms with Gasteiger partial charge >= 0.3 is 47.8 Å². The van der Waals surface area contributed by atoms with Crippen molar-refractivity contribution in [1.82, 2.24) is 0 Å². The molecule has 4 aromatic rings. The number of benzene rings is 4. The molecule has 0 unspecified atom stereocenters. The van der Waals surface area contributed by atoms with Crippen LogP contribution in [0, 0.1) is 0 Å². The number of hydrogen-bond acceptors (Lipinski definition) is 20. The Labute approximate surface area is 531 Å². The van der Waals surface area contributed by atoms with E-state index in [0.717, 1.165) is 116 Å². The molecule has 4 aromatic carbocycles. The molecule has 0 spiro atoms. The van der Waals surface area contributed by atoms with Gasteiger partial charge in [-0.05, 0) is 60.8 Å². The Kier molecular flexibility index (Phi) is 32.2. The molecule has 0 saturated heterocycles. The molecule has 0 saturated carbocycles. The molecule has 0 fully saturated rings. The fourth-order valence-electron chi connectivity index (χ4n) is 8.88. The molecular weight excluding hydrogens is 1270 g/mol. The summed E-state index contributed by atoms with van der Waals surface area (Å²) in [6.45, 7) is 0.687. The number of carbonyl (C=O) groups is 8. The Bertz CT molecular complexity index is 2440. The van der Waals surface area contributed by atoms with E-state index in [1.165, 1.54) is 0 Å². The highest BCUT2D eigenvalue weighted by Crippen LogP contribution is 2.39. The lowest BCUT2D eigenvalue weighted by molar-refractivity contribution is -0.134. The second-order valence-electron chi connectivity index (χ2n) is 19.2. The van der Waals surface area contributed by atoms with Crippen molar-refractivity contribution in [2.24, 2.45) is 0 Å². The first-order valence-corrected chi connectivity index (χ1v) is 35.9. The minimum absolute atomic E-state index is 0.172. The lowest BCUT2D eigenvalue weighted by atomic mass is 9.96. The number of thioether (sulfide) groups is 8. The third kappa shape index (κ3) is 26.9. The predicted octanol–water partition coefficient (Wildman–Crippen LogP) is 10.2. The maximum Gasteiger partial charge on any atom is 0.313 e. The zero-order chi connectivity index (χ0) is 62.4. The summed E-state index contributed by atoms with van der Waals surface area (Å²) < 4.78 is 26.2. The number of carboxylic acids is 8. The smallest absolute Gasteiger partial charge is 0.313 e. The van der Waals surface area contributed by atoms with E-state index < -0.39 is 47.8 Å². The number of ether oxygens (including phenoxy) is 4. The summed E-state index contributed by atoms with van der Waals surface area (Å²) in [4.78, 5) is 94.1. The maximum absolute atomic E-state index is 11.8. The summed E-state index contributed by atoms with van der Waals surface area (Å²) in [5.74, 6) is -6.02. The van der Waals surface area contributed by atoms with Crippen molar-refractivity contribution >= 4 is 142 Å². The molecule has 10 heterocycles. The van der Waals surface area contributed by atoms with Crippen LogP contribution in [0.2, 0.25) is 0 Å². The van der Waals surface area contributed by atoms with E-state index in [9.17, 15) is 79.2 Å². The van der Waals surface area contributed by atoms with Gasteiger partial charge in [-0.15, -0.1) is 94.1 Å². The number of carboxylic acid groups (broad SMARTS) is 8. The number of rotatable bonds is 32. The first-order chi connectivity index (χ1) is 41.2. The van der Waals surface area contributed by atoms with Crippen molar-refractivity contribution in [2.75, 3.05) is 72.5 Å². The van der Waals surface area contributed by atoms with Crippen molar-refractivity contribution in [3.63, 3.8) is 0 Å². The summed E-state index contributed by atoms with van der Waals surface area (Å²) in [5, 5.41) is 77.0. The Balaban J connectivity index is 1.65. The number of aliphatic carboxylic acids is 8. The van der Waals surface area contributed by atoms with Gasteiger partial charge in [0, 0.05) is 90.5 Å². The molecule has 0 aliphatic carbocycles. The van der Waals surface area contributed by atoms with Gasteiger partial charge in [-0.25, -0.2) is 0 Å². The van der Waals surface area contributed by atoms with Crippen molar-refractivity contribution in [3.05, 3.63) is 115 Å². The molecule has 0 aromatic heterocycles. The predicted molar refractivity (Wildman–Crippen MR) is 342 cm³/mol. The quantitative estimate of drug-likeness (QED) is 0.0225. The summed E-state index contributed by atoms with van der Waals surface area (Å²) >= 11 is 9.31. The van der Waals surface area contributed by atoms with Gasteiger partial charge in [0.1, 0.15) is 23.0 Å². The van der Waals surface area contributed by atoms with Crippen LogP contribution in [0.25, 0.3) is 0 Å². The lowest BCUT2D eigenvalue weighted by Gasteiger charge is -2.21. The highest BCUT2D eigenvalue weighted by atomic mass is 32.2. The van der Waals surface area contributed by atoms with Gasteiger partial charge in [-0.2, -0.15) is 0 Å². The average molecular weight is 1340 g/mol. The SMILES string of the molecule is O=C(O)CSCc1cc2cc(CSCC(=O)O)c1OCCCCOc1c(CSCC(=O)O)cc(cc1CSCC(=O)O)Cc1cc(CSCC(=O)O)c(c(CSCC(=O)O)c1)OCCCCOc1c(CSCC(=O)O)cc(cc1CSCC(=O)O)C2. The molecule has 0 radical (unpaired) electrons.